The minimum Gasteiger partial charge on any atom is -0.322 e. The van der Waals surface area contributed by atoms with E-state index in [1.54, 1.807) is 0 Å². The van der Waals surface area contributed by atoms with Crippen molar-refractivity contribution in [1.29, 1.82) is 0 Å². The Hall–Kier alpha value is -1.43. The normalized spacial score (nSPS) is 20.0. The average molecular weight is 273 g/mol. The number of hydrogen-bond donors (Lipinski definition) is 2. The molecule has 0 bridgehead atoms. The van der Waals surface area contributed by atoms with E-state index in [-0.39, 0.29) is 4.47 Å². The van der Waals surface area contributed by atoms with Gasteiger partial charge in [-0.1, -0.05) is 6.07 Å². The molecule has 2 N–H and O–H groups in total. The number of amides is 3. The van der Waals surface area contributed by atoms with Gasteiger partial charge in [0.15, 0.2) is 0 Å². The second kappa shape index (κ2) is 3.62. The van der Waals surface area contributed by atoms with Gasteiger partial charge in [-0.2, -0.15) is 0 Å². The summed E-state index contributed by atoms with van der Waals surface area (Å²) in [6, 6.07) is 2.87. The molecule has 1 aliphatic rings. The molecule has 1 unspecified atom stereocenters. The lowest BCUT2D eigenvalue weighted by molar-refractivity contribution is -0.120. The van der Waals surface area contributed by atoms with E-state index in [1.807, 2.05) is 0 Å². The molecule has 1 aliphatic heterocycles. The van der Waals surface area contributed by atoms with Crippen molar-refractivity contribution in [3.63, 3.8) is 0 Å². The predicted octanol–water partition coefficient (Wildman–Crippen LogP) is 1.47. The summed E-state index contributed by atoms with van der Waals surface area (Å²) >= 11 is 3.01. The number of imide groups is 1. The van der Waals surface area contributed by atoms with Gasteiger partial charge in [0.1, 0.15) is 11.9 Å². The Morgan fingerprint density at radius 1 is 1.33 bits per heavy atom. The highest BCUT2D eigenvalue weighted by atomic mass is 79.9. The number of rotatable bonds is 1. The lowest BCUT2D eigenvalue weighted by Crippen LogP contribution is -2.22. The second-order valence-corrected chi connectivity index (χ2v) is 3.92. The van der Waals surface area contributed by atoms with Crippen LogP contribution in [0.15, 0.2) is 22.7 Å². The summed E-state index contributed by atoms with van der Waals surface area (Å²) in [7, 11) is 0. The minimum absolute atomic E-state index is 0.258. The van der Waals surface area contributed by atoms with Gasteiger partial charge in [-0.15, -0.1) is 0 Å². The fourth-order valence-electron chi connectivity index (χ4n) is 1.34. The molecular weight excluding hydrogens is 267 g/mol. The number of benzene rings is 1. The zero-order valence-electron chi connectivity index (χ0n) is 7.38. The largest absolute Gasteiger partial charge is 0.322 e. The van der Waals surface area contributed by atoms with Gasteiger partial charge in [0, 0.05) is 0 Å². The zero-order valence-corrected chi connectivity index (χ0v) is 8.97. The van der Waals surface area contributed by atoms with E-state index in [0.29, 0.717) is 5.56 Å². The van der Waals surface area contributed by atoms with Crippen molar-refractivity contribution in [3.05, 3.63) is 34.1 Å². The van der Waals surface area contributed by atoms with Crippen LogP contribution in [-0.4, -0.2) is 11.9 Å². The first-order valence-corrected chi connectivity index (χ1v) is 4.93. The number of hydrogen-bond acceptors (Lipinski definition) is 2. The van der Waals surface area contributed by atoms with Crippen LogP contribution in [0.25, 0.3) is 0 Å². The van der Waals surface area contributed by atoms with Crippen LogP contribution in [-0.2, 0) is 4.79 Å². The number of urea groups is 1. The molecule has 2 rings (SSSR count). The quantitative estimate of drug-likeness (QED) is 0.761. The standard InChI is InChI=1S/C9H6BrFN2O2/c10-5-3-4(1-2-6(5)11)7-8(14)13-9(15)12-7/h1-3,7H,(H2,12,13,14,15). The van der Waals surface area contributed by atoms with Crippen molar-refractivity contribution < 1.29 is 14.0 Å². The Balaban J connectivity index is 2.34. The molecule has 0 aromatic heterocycles. The fraction of sp³-hybridized carbons (Fsp3) is 0.111. The zero-order chi connectivity index (χ0) is 11.0. The molecule has 0 saturated carbocycles. The lowest BCUT2D eigenvalue weighted by atomic mass is 10.1. The van der Waals surface area contributed by atoms with Crippen LogP contribution in [0.3, 0.4) is 0 Å². The van der Waals surface area contributed by atoms with Crippen LogP contribution < -0.4 is 10.6 Å². The maximum absolute atomic E-state index is 12.9. The highest BCUT2D eigenvalue weighted by Gasteiger charge is 2.30. The van der Waals surface area contributed by atoms with E-state index in [4.69, 9.17) is 0 Å². The molecule has 0 spiro atoms. The molecule has 6 heteroatoms. The van der Waals surface area contributed by atoms with Crippen molar-refractivity contribution in [2.75, 3.05) is 0 Å². The fourth-order valence-corrected chi connectivity index (χ4v) is 1.74. The first-order valence-electron chi connectivity index (χ1n) is 4.14. The summed E-state index contributed by atoms with van der Waals surface area (Å²) in [5.41, 5.74) is 0.534. The molecule has 3 amide bonds. The third kappa shape index (κ3) is 1.85. The molecule has 1 aromatic rings. The van der Waals surface area contributed by atoms with E-state index >= 15 is 0 Å². The highest BCUT2D eigenvalue weighted by Crippen LogP contribution is 2.22. The van der Waals surface area contributed by atoms with Gasteiger partial charge >= 0.3 is 6.03 Å². The van der Waals surface area contributed by atoms with Crippen LogP contribution in [0.4, 0.5) is 9.18 Å². The maximum atomic E-state index is 12.9. The third-order valence-electron chi connectivity index (χ3n) is 2.05. The molecule has 15 heavy (non-hydrogen) atoms. The van der Waals surface area contributed by atoms with Gasteiger partial charge in [0.25, 0.3) is 5.91 Å². The molecule has 78 valence electrons. The van der Waals surface area contributed by atoms with Gasteiger partial charge in [-0.25, -0.2) is 9.18 Å². The predicted molar refractivity (Wildman–Crippen MR) is 53.5 cm³/mol. The monoisotopic (exact) mass is 272 g/mol. The van der Waals surface area contributed by atoms with Crippen molar-refractivity contribution in [3.8, 4) is 0 Å². The van der Waals surface area contributed by atoms with Gasteiger partial charge in [0.2, 0.25) is 0 Å². The molecule has 1 aromatic carbocycles. The summed E-state index contributed by atoms with van der Waals surface area (Å²) in [6.07, 6.45) is 0. The minimum atomic E-state index is -0.741. The third-order valence-corrected chi connectivity index (χ3v) is 2.66. The van der Waals surface area contributed by atoms with E-state index < -0.39 is 23.8 Å². The van der Waals surface area contributed by atoms with Gasteiger partial charge in [0.05, 0.1) is 4.47 Å². The number of halogens is 2. The summed E-state index contributed by atoms with van der Waals surface area (Å²) in [5, 5.41) is 4.53. The van der Waals surface area contributed by atoms with Crippen LogP contribution in [0.2, 0.25) is 0 Å². The van der Waals surface area contributed by atoms with Gasteiger partial charge in [-0.3, -0.25) is 10.1 Å². The van der Waals surface area contributed by atoms with Crippen LogP contribution in [0, 0.1) is 5.82 Å². The molecule has 0 aliphatic carbocycles. The Labute approximate surface area is 93.0 Å². The van der Waals surface area contributed by atoms with Crippen molar-refractivity contribution >= 4 is 27.9 Å². The van der Waals surface area contributed by atoms with Gasteiger partial charge in [-0.05, 0) is 33.6 Å². The molecule has 1 fully saturated rings. The molecule has 1 atom stereocenters. The van der Waals surface area contributed by atoms with Crippen molar-refractivity contribution in [2.45, 2.75) is 6.04 Å². The van der Waals surface area contributed by atoms with E-state index in [0.717, 1.165) is 0 Å². The van der Waals surface area contributed by atoms with Crippen LogP contribution >= 0.6 is 15.9 Å². The average Bonchev–Trinajstić information content (AvgIpc) is 2.50. The van der Waals surface area contributed by atoms with E-state index in [9.17, 15) is 14.0 Å². The summed E-state index contributed by atoms with van der Waals surface area (Å²) in [5.74, 6) is -0.845. The van der Waals surface area contributed by atoms with Gasteiger partial charge < -0.3 is 5.32 Å². The second-order valence-electron chi connectivity index (χ2n) is 3.07. The SMILES string of the molecule is O=C1NC(=O)C(c2ccc(F)c(Br)c2)N1. The molecule has 4 nitrogen and oxygen atoms in total. The number of carbonyl (C=O) groups is 2. The van der Waals surface area contributed by atoms with Crippen molar-refractivity contribution in [2.24, 2.45) is 0 Å². The molecular formula is C9H6BrFN2O2. The summed E-state index contributed by atoms with van der Waals surface area (Å²) < 4.78 is 13.2. The first-order chi connectivity index (χ1) is 7.08. The Morgan fingerprint density at radius 2 is 2.07 bits per heavy atom. The highest BCUT2D eigenvalue weighted by molar-refractivity contribution is 9.10. The lowest BCUT2D eigenvalue weighted by Gasteiger charge is -2.07. The summed E-state index contributed by atoms with van der Waals surface area (Å²) in [6.45, 7) is 0. The molecule has 0 radical (unpaired) electrons. The Bertz CT molecular complexity index is 450. The van der Waals surface area contributed by atoms with Crippen molar-refractivity contribution in [1.82, 2.24) is 10.6 Å². The number of nitrogens with one attached hydrogen (secondary N) is 2. The van der Waals surface area contributed by atoms with Crippen LogP contribution in [0.5, 0.6) is 0 Å². The molecule has 1 heterocycles. The maximum Gasteiger partial charge on any atom is 0.322 e. The van der Waals surface area contributed by atoms with Crippen LogP contribution in [0.1, 0.15) is 11.6 Å². The smallest absolute Gasteiger partial charge is 0.322 e. The first kappa shape index (κ1) is 10.1. The number of carbonyl (C=O) groups excluding carboxylic acids is 2. The molecule has 1 saturated heterocycles. The van der Waals surface area contributed by atoms with E-state index in [2.05, 4.69) is 26.6 Å². The Morgan fingerprint density at radius 3 is 2.60 bits per heavy atom. The Kier molecular flexibility index (Phi) is 2.44. The topological polar surface area (TPSA) is 58.2 Å². The summed E-state index contributed by atoms with van der Waals surface area (Å²) in [4.78, 5) is 22.1. The van der Waals surface area contributed by atoms with E-state index in [1.165, 1.54) is 18.2 Å².